The Hall–Kier alpha value is -0.930. The van der Waals surface area contributed by atoms with E-state index in [9.17, 15) is 15.0 Å². The maximum Gasteiger partial charge on any atom is 0.158 e. The largest absolute Gasteiger partial charge is 0.390 e. The molecule has 0 aromatic rings. The van der Waals surface area contributed by atoms with Crippen molar-refractivity contribution in [1.29, 1.82) is 0 Å². The molecule has 0 heterocycles. The lowest BCUT2D eigenvalue weighted by atomic mass is 9.64. The lowest BCUT2D eigenvalue weighted by molar-refractivity contribution is -0.118. The molecule has 0 aromatic carbocycles. The van der Waals surface area contributed by atoms with Gasteiger partial charge in [-0.3, -0.25) is 4.79 Å². The van der Waals surface area contributed by atoms with Crippen molar-refractivity contribution in [2.75, 3.05) is 0 Å². The molecule has 0 fully saturated rings. The number of carbonyl (C=O) groups is 1. The van der Waals surface area contributed by atoms with E-state index in [2.05, 4.69) is 0 Å². The number of ketones is 1. The third-order valence-electron chi connectivity index (χ3n) is 4.67. The van der Waals surface area contributed by atoms with Crippen LogP contribution in [0, 0.1) is 17.3 Å². The molecule has 0 radical (unpaired) electrons. The molecule has 0 bridgehead atoms. The van der Waals surface area contributed by atoms with Gasteiger partial charge >= 0.3 is 0 Å². The molecule has 2 aliphatic rings. The zero-order valence-electron chi connectivity index (χ0n) is 11.5. The quantitative estimate of drug-likeness (QED) is 0.645. The third-order valence-corrected chi connectivity index (χ3v) is 4.67. The van der Waals surface area contributed by atoms with Gasteiger partial charge in [-0.2, -0.15) is 0 Å². The van der Waals surface area contributed by atoms with Gasteiger partial charge in [-0.25, -0.2) is 0 Å². The van der Waals surface area contributed by atoms with Crippen molar-refractivity contribution in [3.05, 3.63) is 23.3 Å². The zero-order chi connectivity index (χ0) is 13.7. The van der Waals surface area contributed by atoms with Gasteiger partial charge in [0.25, 0.3) is 0 Å². The highest BCUT2D eigenvalue weighted by molar-refractivity contribution is 5.96. The van der Waals surface area contributed by atoms with Gasteiger partial charge in [-0.15, -0.1) is 0 Å². The maximum absolute atomic E-state index is 11.9. The number of aliphatic hydroxyl groups is 2. The average molecular weight is 250 g/mol. The molecule has 2 N–H and O–H groups in total. The molecule has 100 valence electrons. The van der Waals surface area contributed by atoms with Crippen LogP contribution in [-0.2, 0) is 4.79 Å². The lowest BCUT2D eigenvalue weighted by Gasteiger charge is -2.42. The number of rotatable bonds is 0. The van der Waals surface area contributed by atoms with Crippen molar-refractivity contribution in [3.63, 3.8) is 0 Å². The van der Waals surface area contributed by atoms with E-state index in [0.29, 0.717) is 6.42 Å². The van der Waals surface area contributed by atoms with Gasteiger partial charge in [-0.1, -0.05) is 31.6 Å². The molecule has 4 atom stereocenters. The minimum atomic E-state index is -0.852. The van der Waals surface area contributed by atoms with Crippen molar-refractivity contribution in [3.8, 4) is 0 Å². The number of carbonyl (C=O) groups excluding carboxylic acids is 1. The smallest absolute Gasteiger partial charge is 0.158 e. The average Bonchev–Trinajstić information content (AvgIpc) is 2.34. The summed E-state index contributed by atoms with van der Waals surface area (Å²) in [5.41, 5.74) is 1.34. The van der Waals surface area contributed by atoms with Crippen molar-refractivity contribution in [1.82, 2.24) is 0 Å². The topological polar surface area (TPSA) is 57.5 Å². The molecule has 0 aromatic heterocycles. The number of hydrogen-bond donors (Lipinski definition) is 2. The molecule has 0 spiro atoms. The molecule has 0 unspecified atom stereocenters. The molecular weight excluding hydrogens is 228 g/mol. The van der Waals surface area contributed by atoms with E-state index < -0.39 is 17.6 Å². The number of fused-ring (bicyclic) bond motifs is 1. The Morgan fingerprint density at radius 3 is 2.44 bits per heavy atom. The summed E-state index contributed by atoms with van der Waals surface area (Å²) in [6.07, 6.45) is 2.51. The van der Waals surface area contributed by atoms with E-state index in [1.54, 1.807) is 6.08 Å². The van der Waals surface area contributed by atoms with Gasteiger partial charge in [0.1, 0.15) is 0 Å². The van der Waals surface area contributed by atoms with Crippen molar-refractivity contribution < 1.29 is 15.0 Å². The van der Waals surface area contributed by atoms with Crippen LogP contribution >= 0.6 is 0 Å². The van der Waals surface area contributed by atoms with Crippen molar-refractivity contribution in [2.45, 2.75) is 46.3 Å². The van der Waals surface area contributed by atoms with Gasteiger partial charge in [0.05, 0.1) is 12.2 Å². The highest BCUT2D eigenvalue weighted by Gasteiger charge is 2.46. The van der Waals surface area contributed by atoms with Crippen LogP contribution in [0.1, 0.15) is 34.1 Å². The van der Waals surface area contributed by atoms with Crippen LogP contribution in [0.2, 0.25) is 0 Å². The molecular formula is C15H22O3. The third kappa shape index (κ3) is 1.95. The van der Waals surface area contributed by atoms with Crippen LogP contribution in [0.15, 0.2) is 23.3 Å². The van der Waals surface area contributed by atoms with Gasteiger partial charge in [0, 0.05) is 11.8 Å². The number of hydrogen-bond acceptors (Lipinski definition) is 3. The summed E-state index contributed by atoms with van der Waals surface area (Å²) < 4.78 is 0. The molecule has 3 nitrogen and oxygen atoms in total. The summed E-state index contributed by atoms with van der Waals surface area (Å²) in [6.45, 7) is 7.70. The lowest BCUT2D eigenvalue weighted by Crippen LogP contribution is -2.44. The second-order valence-corrected chi connectivity index (χ2v) is 6.28. The molecule has 2 aliphatic carbocycles. The molecule has 0 amide bonds. The standard InChI is InChI=1S/C15H22O3/c1-8-6-13(17)14(18)15(3,4)11-5-9(2)12(16)7-10(8)11/h5-6,10-11,13-14,17-18H,7H2,1-4H3/t10-,11-,13+,14-/m0/s1. The fraction of sp³-hybridized carbons (Fsp3) is 0.667. The summed E-state index contributed by atoms with van der Waals surface area (Å²) in [5.74, 6) is 0.368. The molecule has 2 rings (SSSR count). The summed E-state index contributed by atoms with van der Waals surface area (Å²) >= 11 is 0. The highest BCUT2D eigenvalue weighted by atomic mass is 16.3. The molecule has 0 saturated carbocycles. The Morgan fingerprint density at radius 2 is 1.83 bits per heavy atom. The molecule has 0 saturated heterocycles. The second-order valence-electron chi connectivity index (χ2n) is 6.28. The fourth-order valence-corrected chi connectivity index (χ4v) is 3.27. The summed E-state index contributed by atoms with van der Waals surface area (Å²) in [4.78, 5) is 11.9. The first-order valence-electron chi connectivity index (χ1n) is 6.51. The fourth-order valence-electron chi connectivity index (χ4n) is 3.27. The first-order chi connectivity index (χ1) is 8.25. The molecule has 18 heavy (non-hydrogen) atoms. The SMILES string of the molecule is CC1=C[C@H]2[C@@H](CC1=O)C(C)=C[C@@H](O)[C@H](O)C2(C)C. The van der Waals surface area contributed by atoms with E-state index in [4.69, 9.17) is 0 Å². The first-order valence-corrected chi connectivity index (χ1v) is 6.51. The Balaban J connectivity index is 2.52. The van der Waals surface area contributed by atoms with Crippen LogP contribution in [0.4, 0.5) is 0 Å². The Morgan fingerprint density at radius 1 is 1.22 bits per heavy atom. The Kier molecular flexibility index (Phi) is 3.24. The summed E-state index contributed by atoms with van der Waals surface area (Å²) in [7, 11) is 0. The number of aliphatic hydroxyl groups excluding tert-OH is 2. The van der Waals surface area contributed by atoms with Crippen LogP contribution in [-0.4, -0.2) is 28.2 Å². The van der Waals surface area contributed by atoms with E-state index in [1.807, 2.05) is 33.8 Å². The van der Waals surface area contributed by atoms with Gasteiger partial charge < -0.3 is 10.2 Å². The minimum Gasteiger partial charge on any atom is -0.390 e. The van der Waals surface area contributed by atoms with E-state index in [0.717, 1.165) is 11.1 Å². The predicted octanol–water partition coefficient (Wildman–Crippen LogP) is 1.85. The predicted molar refractivity (Wildman–Crippen MR) is 69.9 cm³/mol. The Labute approximate surface area is 108 Å². The molecule has 3 heteroatoms. The minimum absolute atomic E-state index is 0.0959. The second kappa shape index (κ2) is 4.32. The first kappa shape index (κ1) is 13.5. The van der Waals surface area contributed by atoms with Crippen LogP contribution < -0.4 is 0 Å². The van der Waals surface area contributed by atoms with E-state index in [1.165, 1.54) is 0 Å². The van der Waals surface area contributed by atoms with Gasteiger partial charge in [0.2, 0.25) is 0 Å². The van der Waals surface area contributed by atoms with E-state index in [-0.39, 0.29) is 17.6 Å². The van der Waals surface area contributed by atoms with Crippen LogP contribution in [0.5, 0.6) is 0 Å². The van der Waals surface area contributed by atoms with Crippen LogP contribution in [0.3, 0.4) is 0 Å². The Bertz CT molecular complexity index is 431. The van der Waals surface area contributed by atoms with Gasteiger partial charge in [-0.05, 0) is 31.3 Å². The molecule has 0 aliphatic heterocycles. The normalized spacial score (nSPS) is 39.6. The number of Topliss-reactive ketones (excluding diaryl/α,β-unsaturated/α-hetero) is 1. The van der Waals surface area contributed by atoms with E-state index >= 15 is 0 Å². The maximum atomic E-state index is 11.9. The number of allylic oxidation sites excluding steroid dienone is 3. The van der Waals surface area contributed by atoms with Crippen molar-refractivity contribution >= 4 is 5.78 Å². The summed E-state index contributed by atoms with van der Waals surface area (Å²) in [6, 6.07) is 0. The van der Waals surface area contributed by atoms with Gasteiger partial charge in [0.15, 0.2) is 5.78 Å². The highest BCUT2D eigenvalue weighted by Crippen LogP contribution is 2.47. The zero-order valence-corrected chi connectivity index (χ0v) is 11.5. The summed E-state index contributed by atoms with van der Waals surface area (Å²) in [5, 5.41) is 20.3. The van der Waals surface area contributed by atoms with Crippen LogP contribution in [0.25, 0.3) is 0 Å². The monoisotopic (exact) mass is 250 g/mol. The van der Waals surface area contributed by atoms with Crippen molar-refractivity contribution in [2.24, 2.45) is 17.3 Å².